The molecule has 1 unspecified atom stereocenters. The minimum atomic E-state index is -3.04. The number of halogens is 1. The van der Waals surface area contributed by atoms with Crippen LogP contribution >= 0.6 is 0 Å². The van der Waals surface area contributed by atoms with Crippen molar-refractivity contribution >= 4 is 21.6 Å². The van der Waals surface area contributed by atoms with E-state index in [9.17, 15) is 17.6 Å². The Morgan fingerprint density at radius 1 is 1.45 bits per heavy atom. The van der Waals surface area contributed by atoms with Crippen molar-refractivity contribution in [2.75, 3.05) is 23.9 Å². The molecule has 0 aromatic heterocycles. The largest absolute Gasteiger partial charge is 0.324 e. The van der Waals surface area contributed by atoms with E-state index in [0.29, 0.717) is 17.7 Å². The van der Waals surface area contributed by atoms with Gasteiger partial charge in [0.05, 0.1) is 11.5 Å². The summed E-state index contributed by atoms with van der Waals surface area (Å²) in [6, 6.07) is 3.66. The maximum atomic E-state index is 13.4. The van der Waals surface area contributed by atoms with Crippen molar-refractivity contribution in [3.8, 4) is 0 Å². The summed E-state index contributed by atoms with van der Waals surface area (Å²) < 4.78 is 36.2. The first kappa shape index (κ1) is 14.8. The topological polar surface area (TPSA) is 66.5 Å². The molecule has 1 saturated heterocycles. The summed E-state index contributed by atoms with van der Waals surface area (Å²) in [5, 5.41) is 2.57. The summed E-state index contributed by atoms with van der Waals surface area (Å²) >= 11 is 0. The van der Waals surface area contributed by atoms with Gasteiger partial charge in [-0.2, -0.15) is 0 Å². The van der Waals surface area contributed by atoms with Crippen molar-refractivity contribution in [1.82, 2.24) is 4.90 Å². The van der Waals surface area contributed by atoms with Gasteiger partial charge >= 0.3 is 6.03 Å². The molecule has 7 heteroatoms. The molecule has 2 rings (SSSR count). The molecule has 1 fully saturated rings. The molecule has 0 radical (unpaired) electrons. The first-order chi connectivity index (χ1) is 9.28. The number of nitrogens with one attached hydrogen (secondary N) is 1. The lowest BCUT2D eigenvalue weighted by Gasteiger charge is -2.23. The molecule has 1 heterocycles. The third kappa shape index (κ3) is 3.27. The Balaban J connectivity index is 2.02. The molecule has 1 aromatic carbocycles. The van der Waals surface area contributed by atoms with E-state index in [2.05, 4.69) is 5.32 Å². The van der Waals surface area contributed by atoms with Gasteiger partial charge in [0.2, 0.25) is 0 Å². The van der Waals surface area contributed by atoms with Gasteiger partial charge in [-0.3, -0.25) is 0 Å². The van der Waals surface area contributed by atoms with Crippen molar-refractivity contribution < 1.29 is 17.6 Å². The number of hydrogen-bond acceptors (Lipinski definition) is 3. The fourth-order valence-corrected chi connectivity index (χ4v) is 3.90. The quantitative estimate of drug-likeness (QED) is 0.905. The summed E-state index contributed by atoms with van der Waals surface area (Å²) in [7, 11) is -1.49. The average Bonchev–Trinajstić information content (AvgIpc) is 2.73. The lowest BCUT2D eigenvalue weighted by molar-refractivity contribution is 0.209. The van der Waals surface area contributed by atoms with Crippen LogP contribution in [0.1, 0.15) is 12.0 Å². The number of amides is 2. The summed E-state index contributed by atoms with van der Waals surface area (Å²) in [5.74, 6) is -0.304. The van der Waals surface area contributed by atoms with Crippen molar-refractivity contribution in [1.29, 1.82) is 0 Å². The van der Waals surface area contributed by atoms with Gasteiger partial charge in [0.25, 0.3) is 0 Å². The molecule has 20 heavy (non-hydrogen) atoms. The Morgan fingerprint density at radius 2 is 2.15 bits per heavy atom. The summed E-state index contributed by atoms with van der Waals surface area (Å²) in [6.45, 7) is 1.64. The maximum absolute atomic E-state index is 13.4. The van der Waals surface area contributed by atoms with Crippen LogP contribution < -0.4 is 5.32 Å². The van der Waals surface area contributed by atoms with Gasteiger partial charge < -0.3 is 10.2 Å². The molecule has 2 amide bonds. The second-order valence-corrected chi connectivity index (χ2v) is 7.29. The Kier molecular flexibility index (Phi) is 3.99. The Bertz CT molecular complexity index is 631. The highest BCUT2D eigenvalue weighted by Crippen LogP contribution is 2.18. The van der Waals surface area contributed by atoms with E-state index < -0.39 is 21.7 Å². The lowest BCUT2D eigenvalue weighted by atomic mass is 10.2. The molecule has 1 aliphatic rings. The minimum absolute atomic E-state index is 0.0147. The zero-order valence-corrected chi connectivity index (χ0v) is 12.2. The van der Waals surface area contributed by atoms with Crippen LogP contribution in [0.5, 0.6) is 0 Å². The zero-order valence-electron chi connectivity index (χ0n) is 11.4. The standard InChI is InChI=1S/C13H17FN2O3S/c1-9-3-4-10(7-12(9)14)15-13(17)16(2)11-5-6-20(18,19)8-11/h3-4,7,11H,5-6,8H2,1-2H3,(H,15,17). The molecule has 0 bridgehead atoms. The molecular formula is C13H17FN2O3S. The number of anilines is 1. The molecule has 0 spiro atoms. The second kappa shape index (κ2) is 5.40. The van der Waals surface area contributed by atoms with Gasteiger partial charge in [-0.25, -0.2) is 17.6 Å². The fourth-order valence-electron chi connectivity index (χ4n) is 2.13. The smallest absolute Gasteiger partial charge is 0.321 e. The average molecular weight is 300 g/mol. The molecular weight excluding hydrogens is 283 g/mol. The third-order valence-electron chi connectivity index (χ3n) is 3.50. The van der Waals surface area contributed by atoms with E-state index >= 15 is 0 Å². The Morgan fingerprint density at radius 3 is 2.70 bits per heavy atom. The highest BCUT2D eigenvalue weighted by atomic mass is 32.2. The third-order valence-corrected chi connectivity index (χ3v) is 5.25. The van der Waals surface area contributed by atoms with E-state index in [1.807, 2.05) is 0 Å². The number of aryl methyl sites for hydroxylation is 1. The van der Waals surface area contributed by atoms with Crippen molar-refractivity contribution in [2.24, 2.45) is 0 Å². The van der Waals surface area contributed by atoms with Crippen LogP contribution in [-0.2, 0) is 9.84 Å². The molecule has 110 valence electrons. The van der Waals surface area contributed by atoms with Crippen LogP contribution in [-0.4, -0.2) is 43.9 Å². The zero-order chi connectivity index (χ0) is 14.9. The molecule has 1 atom stereocenters. The summed E-state index contributed by atoms with van der Waals surface area (Å²) in [4.78, 5) is 13.4. The van der Waals surface area contributed by atoms with Crippen LogP contribution in [0.2, 0.25) is 0 Å². The van der Waals surface area contributed by atoms with E-state index in [4.69, 9.17) is 0 Å². The first-order valence-electron chi connectivity index (χ1n) is 6.29. The highest BCUT2D eigenvalue weighted by molar-refractivity contribution is 7.91. The predicted molar refractivity (Wildman–Crippen MR) is 75.0 cm³/mol. The molecule has 1 N–H and O–H groups in total. The van der Waals surface area contributed by atoms with E-state index in [1.165, 1.54) is 11.0 Å². The minimum Gasteiger partial charge on any atom is -0.324 e. The highest BCUT2D eigenvalue weighted by Gasteiger charge is 2.32. The number of rotatable bonds is 2. The SMILES string of the molecule is Cc1ccc(NC(=O)N(C)C2CCS(=O)(=O)C2)cc1F. The predicted octanol–water partition coefficient (Wildman–Crippen LogP) is 1.78. The van der Waals surface area contributed by atoms with Crippen LogP contribution in [0.4, 0.5) is 14.9 Å². The van der Waals surface area contributed by atoms with Gasteiger partial charge in [0.1, 0.15) is 5.82 Å². The van der Waals surface area contributed by atoms with Gasteiger partial charge in [0.15, 0.2) is 9.84 Å². The number of benzene rings is 1. The Labute approximate surface area is 117 Å². The maximum Gasteiger partial charge on any atom is 0.321 e. The number of urea groups is 1. The lowest BCUT2D eigenvalue weighted by Crippen LogP contribution is -2.40. The number of sulfone groups is 1. The second-order valence-electron chi connectivity index (χ2n) is 5.06. The van der Waals surface area contributed by atoms with Crippen molar-refractivity contribution in [2.45, 2.75) is 19.4 Å². The van der Waals surface area contributed by atoms with Crippen LogP contribution in [0.25, 0.3) is 0 Å². The van der Waals surface area contributed by atoms with Crippen molar-refractivity contribution in [3.63, 3.8) is 0 Å². The first-order valence-corrected chi connectivity index (χ1v) is 8.11. The van der Waals surface area contributed by atoms with Crippen LogP contribution in [0.3, 0.4) is 0 Å². The fraction of sp³-hybridized carbons (Fsp3) is 0.462. The Hall–Kier alpha value is -1.63. The van der Waals surface area contributed by atoms with Gasteiger partial charge in [-0.05, 0) is 31.0 Å². The van der Waals surface area contributed by atoms with Crippen LogP contribution in [0.15, 0.2) is 18.2 Å². The number of nitrogens with zero attached hydrogens (tertiary/aromatic N) is 1. The number of carbonyl (C=O) groups excluding carboxylic acids is 1. The summed E-state index contributed by atoms with van der Waals surface area (Å²) in [5.41, 5.74) is 0.851. The van der Waals surface area contributed by atoms with Crippen molar-refractivity contribution in [3.05, 3.63) is 29.6 Å². The van der Waals surface area contributed by atoms with Gasteiger partial charge in [-0.1, -0.05) is 6.07 Å². The monoisotopic (exact) mass is 300 g/mol. The van der Waals surface area contributed by atoms with Crippen LogP contribution in [0, 0.1) is 12.7 Å². The summed E-state index contributed by atoms with van der Waals surface area (Å²) in [6.07, 6.45) is 0.439. The van der Waals surface area contributed by atoms with E-state index in [0.717, 1.165) is 0 Å². The van der Waals surface area contributed by atoms with Gasteiger partial charge in [0, 0.05) is 18.8 Å². The molecule has 1 aliphatic heterocycles. The normalized spacial score (nSPS) is 20.6. The molecule has 1 aromatic rings. The molecule has 0 aliphatic carbocycles. The van der Waals surface area contributed by atoms with E-state index in [-0.39, 0.29) is 17.5 Å². The molecule has 5 nitrogen and oxygen atoms in total. The number of hydrogen-bond donors (Lipinski definition) is 1. The van der Waals surface area contributed by atoms with E-state index in [1.54, 1.807) is 26.1 Å². The molecule has 0 saturated carbocycles. The van der Waals surface area contributed by atoms with Gasteiger partial charge in [-0.15, -0.1) is 0 Å². The number of carbonyl (C=O) groups is 1.